The third-order valence-corrected chi connectivity index (χ3v) is 16.2. The fourth-order valence-corrected chi connectivity index (χ4v) is 11.4. The number of rotatable bonds is 11. The van der Waals surface area contributed by atoms with Gasteiger partial charge in [0.15, 0.2) is 0 Å². The maximum absolute atomic E-state index is 14.9. The number of carbonyl (C=O) groups excluding carboxylic acids is 4. The second-order valence-corrected chi connectivity index (χ2v) is 21.9. The van der Waals surface area contributed by atoms with E-state index in [2.05, 4.69) is 78.7 Å². The predicted molar refractivity (Wildman–Crippen MR) is 204 cm³/mol. The molecule has 53 heavy (non-hydrogen) atoms. The Morgan fingerprint density at radius 2 is 1.53 bits per heavy atom. The van der Waals surface area contributed by atoms with Crippen molar-refractivity contribution in [2.45, 2.75) is 129 Å². The van der Waals surface area contributed by atoms with Crippen LogP contribution in [0.25, 0.3) is 0 Å². The molecule has 6 aliphatic rings. The minimum atomic E-state index is -3.84. The summed E-state index contributed by atoms with van der Waals surface area (Å²) in [7, 11) is -1.73. The third kappa shape index (κ3) is 6.91. The lowest BCUT2D eigenvalue weighted by atomic mass is 9.73. The summed E-state index contributed by atoms with van der Waals surface area (Å²) in [5, 5.41) is 8.61. The van der Waals surface area contributed by atoms with Crippen molar-refractivity contribution in [3.8, 4) is 0 Å². The van der Waals surface area contributed by atoms with E-state index in [9.17, 15) is 27.6 Å². The van der Waals surface area contributed by atoms with Crippen LogP contribution in [0.3, 0.4) is 0 Å². The van der Waals surface area contributed by atoms with Crippen molar-refractivity contribution in [3.05, 3.63) is 12.7 Å². The molecule has 6 rings (SSSR count). The van der Waals surface area contributed by atoms with E-state index in [1.54, 1.807) is 11.0 Å². The van der Waals surface area contributed by atoms with Crippen LogP contribution < -0.4 is 20.7 Å². The molecule has 2 heterocycles. The van der Waals surface area contributed by atoms with E-state index in [1.165, 1.54) is 0 Å². The van der Waals surface area contributed by atoms with E-state index in [-0.39, 0.29) is 40.0 Å². The third-order valence-electron chi connectivity index (χ3n) is 14.4. The van der Waals surface area contributed by atoms with Gasteiger partial charge in [-0.15, -0.1) is 6.58 Å². The van der Waals surface area contributed by atoms with E-state index in [1.807, 2.05) is 20.8 Å². The lowest BCUT2D eigenvalue weighted by molar-refractivity contribution is -0.142. The number of urea groups is 1. The Kier molecular flexibility index (Phi) is 9.96. The first kappa shape index (κ1) is 40.0. The Morgan fingerprint density at radius 1 is 0.906 bits per heavy atom. The highest BCUT2D eigenvalue weighted by molar-refractivity contribution is 7.91. The number of hydrogen-bond acceptors (Lipinski definition) is 8. The van der Waals surface area contributed by atoms with Crippen LogP contribution in [0.5, 0.6) is 0 Å². The minimum Gasteiger partial charge on any atom is -0.339 e. The molecular formula is C39H65N7O6S. The minimum absolute atomic E-state index is 0.0232. The Balaban J connectivity index is 1.23. The molecule has 4 N–H and O–H groups in total. The Bertz CT molecular complexity index is 1620. The zero-order chi connectivity index (χ0) is 39.2. The molecule has 5 amide bonds. The Morgan fingerprint density at radius 3 is 2.00 bits per heavy atom. The van der Waals surface area contributed by atoms with Crippen molar-refractivity contribution in [2.24, 2.45) is 33.0 Å². The van der Waals surface area contributed by atoms with Gasteiger partial charge in [-0.2, -0.15) is 0 Å². The molecule has 0 aromatic rings. The van der Waals surface area contributed by atoms with Crippen molar-refractivity contribution in [3.63, 3.8) is 0 Å². The number of hydrogen-bond donors (Lipinski definition) is 4. The highest BCUT2D eigenvalue weighted by Crippen LogP contribution is 2.88. The van der Waals surface area contributed by atoms with Crippen molar-refractivity contribution in [2.75, 3.05) is 46.3 Å². The number of likely N-dealkylation sites (N-methyl/N-ethyl adjacent to an activating group) is 1. The van der Waals surface area contributed by atoms with Gasteiger partial charge in [-0.3, -0.25) is 24.0 Å². The molecule has 2 spiro atoms. The zero-order valence-corrected chi connectivity index (χ0v) is 34.4. The molecule has 0 unspecified atom stereocenters. The van der Waals surface area contributed by atoms with Gasteiger partial charge < -0.3 is 25.8 Å². The fourth-order valence-electron chi connectivity index (χ4n) is 10.1. The Labute approximate surface area is 317 Å². The summed E-state index contributed by atoms with van der Waals surface area (Å²) in [6, 6.07) is -2.45. The monoisotopic (exact) mass is 759 g/mol. The predicted octanol–water partition coefficient (Wildman–Crippen LogP) is 2.83. The highest BCUT2D eigenvalue weighted by atomic mass is 32.2. The van der Waals surface area contributed by atoms with Crippen LogP contribution in [-0.4, -0.2) is 122 Å². The molecule has 2 aliphatic heterocycles. The molecule has 0 bridgehead atoms. The first-order chi connectivity index (χ1) is 24.4. The summed E-state index contributed by atoms with van der Waals surface area (Å²) < 4.78 is 27.7. The first-order valence-corrected chi connectivity index (χ1v) is 21.3. The standard InChI is InChI=1S/C39H65N7O6S/c1-11-25-21-39(25,32(49)43-53(51,52)26-13-14-26)42-30(47)27-22-38(36(8,9)37(38)15-12-16-37)24-46(27)31(48)29(35(5,6)7)41-33(50)40-28(34(2,3)4)23-45-19-17-44(10)18-20-45/h11,25-29H,1,12-24H2,2-10H3,(H,42,47)(H,43,49)(H2,40,41,50)/t25-,27+,28-,29-,38-,39-/m1/s1. The van der Waals surface area contributed by atoms with Gasteiger partial charge in [0, 0.05) is 56.6 Å². The largest absolute Gasteiger partial charge is 0.339 e. The van der Waals surface area contributed by atoms with E-state index in [0.29, 0.717) is 32.4 Å². The van der Waals surface area contributed by atoms with Gasteiger partial charge in [0.1, 0.15) is 17.6 Å². The number of fused-ring (bicyclic) bond motifs is 1. The summed E-state index contributed by atoms with van der Waals surface area (Å²) >= 11 is 0. The molecular weight excluding hydrogens is 695 g/mol. The van der Waals surface area contributed by atoms with Crippen molar-refractivity contribution < 1.29 is 27.6 Å². The van der Waals surface area contributed by atoms with Gasteiger partial charge in [0.05, 0.1) is 5.25 Å². The van der Waals surface area contributed by atoms with Crippen molar-refractivity contribution in [1.29, 1.82) is 0 Å². The molecule has 13 nitrogen and oxygen atoms in total. The molecule has 4 saturated carbocycles. The number of nitrogens with zero attached hydrogens (tertiary/aromatic N) is 3. The second-order valence-electron chi connectivity index (χ2n) is 20.0. The molecule has 14 heteroatoms. The molecule has 0 aromatic carbocycles. The maximum atomic E-state index is 14.9. The lowest BCUT2D eigenvalue weighted by Gasteiger charge is -2.40. The van der Waals surface area contributed by atoms with Crippen LogP contribution in [0.4, 0.5) is 4.79 Å². The number of piperazine rings is 1. The molecule has 4 aliphatic carbocycles. The van der Waals surface area contributed by atoms with Gasteiger partial charge in [-0.25, -0.2) is 13.2 Å². The summed E-state index contributed by atoms with van der Waals surface area (Å²) in [5.74, 6) is -2.01. The molecule has 0 aromatic heterocycles. The van der Waals surface area contributed by atoms with Crippen LogP contribution in [0, 0.1) is 33.0 Å². The van der Waals surface area contributed by atoms with Crippen LogP contribution in [0.2, 0.25) is 0 Å². The summed E-state index contributed by atoms with van der Waals surface area (Å²) in [5.41, 5.74) is -2.76. The average molecular weight is 760 g/mol. The van der Waals surface area contributed by atoms with Gasteiger partial charge >= 0.3 is 6.03 Å². The number of carbonyl (C=O) groups is 4. The quantitative estimate of drug-likeness (QED) is 0.234. The molecule has 6 fully saturated rings. The van der Waals surface area contributed by atoms with Gasteiger partial charge in [0.2, 0.25) is 21.8 Å². The van der Waals surface area contributed by atoms with E-state index < -0.39 is 62.1 Å². The van der Waals surface area contributed by atoms with Crippen LogP contribution in [0.1, 0.15) is 100 Å². The normalized spacial score (nSPS) is 32.0. The van der Waals surface area contributed by atoms with Crippen LogP contribution in [0.15, 0.2) is 12.7 Å². The van der Waals surface area contributed by atoms with Crippen LogP contribution >= 0.6 is 0 Å². The number of nitrogens with one attached hydrogen (secondary N) is 4. The SMILES string of the molecule is C=C[C@@H]1C[C@]1(NC(=O)[C@@H]1C[C@@]2(CN1C(=O)[C@@H](NC(=O)N[C@H](CN1CCN(C)CC1)C(C)(C)C)C(C)(C)C)C(C)(C)C21CCC1)C(=O)NS(=O)(=O)C1CC1. The van der Waals surface area contributed by atoms with Gasteiger partial charge in [-0.05, 0) is 67.2 Å². The fraction of sp³-hybridized carbons (Fsp3) is 0.846. The molecule has 6 atom stereocenters. The lowest BCUT2D eigenvalue weighted by Crippen LogP contribution is -2.62. The number of sulfonamides is 1. The number of likely N-dealkylation sites (tertiary alicyclic amines) is 1. The second kappa shape index (κ2) is 13.2. The van der Waals surface area contributed by atoms with Gasteiger partial charge in [-0.1, -0.05) is 67.9 Å². The zero-order valence-electron chi connectivity index (χ0n) is 33.6. The highest BCUT2D eigenvalue weighted by Gasteiger charge is 2.85. The molecule has 2 saturated heterocycles. The maximum Gasteiger partial charge on any atom is 0.315 e. The Hall–Kier alpha value is -2.71. The summed E-state index contributed by atoms with van der Waals surface area (Å²) in [4.78, 5) is 63.3. The topological polar surface area (TPSA) is 160 Å². The summed E-state index contributed by atoms with van der Waals surface area (Å²) in [6.45, 7) is 25.2. The smallest absolute Gasteiger partial charge is 0.315 e. The number of amides is 5. The van der Waals surface area contributed by atoms with Crippen molar-refractivity contribution >= 4 is 33.8 Å². The molecule has 0 radical (unpaired) electrons. The molecule has 298 valence electrons. The van der Waals surface area contributed by atoms with E-state index in [4.69, 9.17) is 0 Å². The van der Waals surface area contributed by atoms with Gasteiger partial charge in [0.25, 0.3) is 5.91 Å². The first-order valence-electron chi connectivity index (χ1n) is 19.7. The summed E-state index contributed by atoms with van der Waals surface area (Å²) in [6.07, 6.45) is 6.41. The average Bonchev–Trinajstić information content (AvgIpc) is 3.97. The van der Waals surface area contributed by atoms with Crippen LogP contribution in [-0.2, 0) is 24.4 Å². The van der Waals surface area contributed by atoms with Crippen molar-refractivity contribution in [1.82, 2.24) is 35.4 Å². The van der Waals surface area contributed by atoms with E-state index >= 15 is 0 Å². The van der Waals surface area contributed by atoms with E-state index in [0.717, 1.165) is 45.4 Å².